The van der Waals surface area contributed by atoms with Crippen LogP contribution in [0.2, 0.25) is 0 Å². The van der Waals surface area contributed by atoms with Gasteiger partial charge in [0.2, 0.25) is 0 Å². The molecule has 1 aromatic rings. The van der Waals surface area contributed by atoms with Crippen molar-refractivity contribution < 1.29 is 24.2 Å². The van der Waals surface area contributed by atoms with Gasteiger partial charge in [-0.15, -0.1) is 0 Å². The highest BCUT2D eigenvalue weighted by molar-refractivity contribution is 9.10. The second kappa shape index (κ2) is 7.79. The Morgan fingerprint density at radius 1 is 1.52 bits per heavy atom. The number of carboxylic acids is 1. The molecule has 0 aromatic heterocycles. The van der Waals surface area contributed by atoms with Crippen molar-refractivity contribution in [3.63, 3.8) is 0 Å². The number of halogens is 1. The topological polar surface area (TPSA) is 77.3 Å². The molecule has 126 valence electrons. The predicted octanol–water partition coefficient (Wildman–Crippen LogP) is 3.08. The molecule has 0 spiro atoms. The van der Waals surface area contributed by atoms with Gasteiger partial charge in [-0.1, -0.05) is 34.9 Å². The van der Waals surface area contributed by atoms with Crippen LogP contribution in [-0.4, -0.2) is 42.2 Å². The van der Waals surface area contributed by atoms with Gasteiger partial charge in [0.05, 0.1) is 0 Å². The summed E-state index contributed by atoms with van der Waals surface area (Å²) in [5, 5.41) is 13.4. The largest absolute Gasteiger partial charge is 0.478 e. The summed E-state index contributed by atoms with van der Waals surface area (Å²) in [6.07, 6.45) is -1.23. The summed E-state index contributed by atoms with van der Waals surface area (Å²) in [4.78, 5) is 16.5. The Balaban J connectivity index is 2.36. The van der Waals surface area contributed by atoms with Crippen LogP contribution >= 0.6 is 15.9 Å². The summed E-state index contributed by atoms with van der Waals surface area (Å²) in [6, 6.07) is 5.35. The molecule has 7 heteroatoms. The number of hydrogen-bond donors (Lipinski definition) is 1. The molecule has 6 nitrogen and oxygen atoms in total. The number of oxime groups is 1. The Kier molecular flexibility index (Phi) is 6.01. The van der Waals surface area contributed by atoms with Crippen LogP contribution < -0.4 is 4.74 Å². The van der Waals surface area contributed by atoms with Gasteiger partial charge in [0.1, 0.15) is 24.2 Å². The highest BCUT2D eigenvalue weighted by Crippen LogP contribution is 2.29. The fourth-order valence-corrected chi connectivity index (χ4v) is 2.64. The lowest BCUT2D eigenvalue weighted by atomic mass is 10.0. The summed E-state index contributed by atoms with van der Waals surface area (Å²) in [6.45, 7) is 6.36. The molecule has 1 heterocycles. The van der Waals surface area contributed by atoms with Crippen LogP contribution in [0.25, 0.3) is 0 Å². The van der Waals surface area contributed by atoms with Crippen LogP contribution in [-0.2, 0) is 14.4 Å². The van der Waals surface area contributed by atoms with Crippen LogP contribution in [0.3, 0.4) is 0 Å². The van der Waals surface area contributed by atoms with Crippen LogP contribution in [0.5, 0.6) is 5.75 Å². The molecule has 0 amide bonds. The maximum absolute atomic E-state index is 11.4. The van der Waals surface area contributed by atoms with E-state index in [1.54, 1.807) is 26.0 Å². The van der Waals surface area contributed by atoms with Crippen molar-refractivity contribution in [2.24, 2.45) is 11.1 Å². The number of ether oxygens (including phenoxy) is 2. The van der Waals surface area contributed by atoms with E-state index in [1.165, 1.54) is 0 Å². The molecule has 1 aliphatic heterocycles. The summed E-state index contributed by atoms with van der Waals surface area (Å²) in [5.41, 5.74) is 1.28. The van der Waals surface area contributed by atoms with E-state index in [0.29, 0.717) is 30.2 Å². The van der Waals surface area contributed by atoms with Crippen molar-refractivity contribution in [2.45, 2.75) is 33.0 Å². The highest BCUT2D eigenvalue weighted by atomic mass is 79.9. The summed E-state index contributed by atoms with van der Waals surface area (Å²) >= 11 is 3.42. The molecular weight excluding hydrogens is 366 g/mol. The fraction of sp³-hybridized carbons (Fsp3) is 0.500. The molecule has 0 bridgehead atoms. The van der Waals surface area contributed by atoms with Crippen LogP contribution in [0.4, 0.5) is 0 Å². The van der Waals surface area contributed by atoms with Gasteiger partial charge < -0.3 is 19.4 Å². The molecule has 0 aliphatic carbocycles. The minimum Gasteiger partial charge on any atom is -0.478 e. The van der Waals surface area contributed by atoms with Gasteiger partial charge in [-0.3, -0.25) is 0 Å². The first-order valence-corrected chi connectivity index (χ1v) is 8.24. The van der Waals surface area contributed by atoms with E-state index in [4.69, 9.17) is 14.3 Å². The van der Waals surface area contributed by atoms with Crippen LogP contribution in [0.1, 0.15) is 26.3 Å². The summed E-state index contributed by atoms with van der Waals surface area (Å²) in [5.74, 6) is -0.725. The molecule has 0 fully saturated rings. The number of nitrogens with zero attached hydrogens (tertiary/aromatic N) is 1. The predicted molar refractivity (Wildman–Crippen MR) is 88.9 cm³/mol. The third kappa shape index (κ3) is 4.23. The zero-order valence-corrected chi connectivity index (χ0v) is 14.9. The third-order valence-electron chi connectivity index (χ3n) is 3.38. The van der Waals surface area contributed by atoms with Crippen molar-refractivity contribution in [3.05, 3.63) is 28.2 Å². The minimum absolute atomic E-state index is 0.173. The molecule has 1 aliphatic rings. The first kappa shape index (κ1) is 17.7. The molecule has 1 unspecified atom stereocenters. The van der Waals surface area contributed by atoms with E-state index in [-0.39, 0.29) is 12.0 Å². The Morgan fingerprint density at radius 2 is 2.26 bits per heavy atom. The lowest BCUT2D eigenvalue weighted by Gasteiger charge is -2.21. The second-order valence-electron chi connectivity index (χ2n) is 5.48. The molecule has 0 radical (unpaired) electrons. The van der Waals surface area contributed by atoms with Crippen molar-refractivity contribution in [3.8, 4) is 5.75 Å². The molecular formula is C16H20BrNO5. The van der Waals surface area contributed by atoms with E-state index < -0.39 is 12.1 Å². The number of carboxylic acid groups (broad SMARTS) is 1. The van der Waals surface area contributed by atoms with Gasteiger partial charge in [0.15, 0.2) is 6.10 Å². The molecule has 2 rings (SSSR count). The standard InChI is InChI=1S/C16H20BrNO5/c1-4-21-13-8-22-18-14(13)11-7-10(17)5-6-12(11)23-15(9(2)3)16(19)20/h5-7,9,13,15H,4,8H2,1-3H3,(H,19,20)/t13?,15-/m0/s1. The van der Waals surface area contributed by atoms with Gasteiger partial charge in [0.25, 0.3) is 0 Å². The highest BCUT2D eigenvalue weighted by Gasteiger charge is 2.30. The van der Waals surface area contributed by atoms with Crippen molar-refractivity contribution in [1.82, 2.24) is 0 Å². The first-order chi connectivity index (χ1) is 10.9. The Labute approximate surface area is 143 Å². The minimum atomic E-state index is -1.00. The molecule has 2 atom stereocenters. The Morgan fingerprint density at radius 3 is 2.87 bits per heavy atom. The van der Waals surface area contributed by atoms with Crippen molar-refractivity contribution in [2.75, 3.05) is 13.2 Å². The normalized spacial score (nSPS) is 18.5. The van der Waals surface area contributed by atoms with Gasteiger partial charge in [-0.05, 0) is 25.1 Å². The average molecular weight is 386 g/mol. The third-order valence-corrected chi connectivity index (χ3v) is 3.88. The number of hydrogen-bond acceptors (Lipinski definition) is 5. The van der Waals surface area contributed by atoms with Crippen molar-refractivity contribution in [1.29, 1.82) is 0 Å². The smallest absolute Gasteiger partial charge is 0.345 e. The number of benzene rings is 1. The lowest BCUT2D eigenvalue weighted by Crippen LogP contribution is -2.33. The molecule has 23 heavy (non-hydrogen) atoms. The number of rotatable bonds is 7. The summed E-state index contributed by atoms with van der Waals surface area (Å²) in [7, 11) is 0. The molecule has 0 saturated heterocycles. The molecule has 1 aromatic carbocycles. The quantitative estimate of drug-likeness (QED) is 0.780. The van der Waals surface area contributed by atoms with Gasteiger partial charge in [-0.2, -0.15) is 0 Å². The van der Waals surface area contributed by atoms with E-state index in [2.05, 4.69) is 21.1 Å². The van der Waals surface area contributed by atoms with E-state index in [0.717, 1.165) is 4.47 Å². The number of carbonyl (C=O) groups is 1. The van der Waals surface area contributed by atoms with E-state index in [1.807, 2.05) is 13.0 Å². The van der Waals surface area contributed by atoms with Crippen LogP contribution in [0, 0.1) is 5.92 Å². The average Bonchev–Trinajstić information content (AvgIpc) is 2.93. The zero-order chi connectivity index (χ0) is 17.0. The maximum atomic E-state index is 11.4. The zero-order valence-electron chi connectivity index (χ0n) is 13.3. The fourth-order valence-electron chi connectivity index (χ4n) is 2.28. The summed E-state index contributed by atoms with van der Waals surface area (Å²) < 4.78 is 12.2. The lowest BCUT2D eigenvalue weighted by molar-refractivity contribution is -0.147. The van der Waals surface area contributed by atoms with Gasteiger partial charge >= 0.3 is 5.97 Å². The molecule has 1 N–H and O–H groups in total. The van der Waals surface area contributed by atoms with Crippen LogP contribution in [0.15, 0.2) is 27.8 Å². The SMILES string of the molecule is CCOC1CON=C1c1cc(Br)ccc1O[C@H](C(=O)O)C(C)C. The van der Waals surface area contributed by atoms with Gasteiger partial charge in [0, 0.05) is 22.6 Å². The second-order valence-corrected chi connectivity index (χ2v) is 6.39. The Bertz CT molecular complexity index is 602. The van der Waals surface area contributed by atoms with Gasteiger partial charge in [-0.25, -0.2) is 4.79 Å². The molecule has 0 saturated carbocycles. The monoisotopic (exact) mass is 385 g/mol. The van der Waals surface area contributed by atoms with E-state index >= 15 is 0 Å². The number of aliphatic carboxylic acids is 1. The Hall–Kier alpha value is -1.60. The van der Waals surface area contributed by atoms with Crippen molar-refractivity contribution >= 4 is 27.6 Å². The van der Waals surface area contributed by atoms with E-state index in [9.17, 15) is 9.90 Å². The maximum Gasteiger partial charge on any atom is 0.345 e. The first-order valence-electron chi connectivity index (χ1n) is 7.44.